The van der Waals surface area contributed by atoms with Gasteiger partial charge in [0.25, 0.3) is 0 Å². The normalized spacial score (nSPS) is 14.7. The van der Waals surface area contributed by atoms with Crippen molar-refractivity contribution in [1.82, 2.24) is 9.55 Å². The van der Waals surface area contributed by atoms with Gasteiger partial charge < -0.3 is 4.57 Å². The second-order valence-electron chi connectivity index (χ2n) is 4.64. The van der Waals surface area contributed by atoms with E-state index in [1.165, 1.54) is 29.8 Å². The van der Waals surface area contributed by atoms with E-state index in [4.69, 9.17) is 4.98 Å². The Balaban J connectivity index is 2.09. The van der Waals surface area contributed by atoms with Crippen molar-refractivity contribution >= 4 is 15.9 Å². The average molecular weight is 291 g/mol. The lowest BCUT2D eigenvalue weighted by molar-refractivity contribution is 0.516. The summed E-state index contributed by atoms with van der Waals surface area (Å²) < 4.78 is 3.44. The molecule has 0 aliphatic carbocycles. The predicted molar refractivity (Wildman–Crippen MR) is 73.0 cm³/mol. The molecule has 0 N–H and O–H groups in total. The number of benzene rings is 1. The highest BCUT2D eigenvalue weighted by atomic mass is 79.9. The molecule has 0 saturated heterocycles. The third-order valence-electron chi connectivity index (χ3n) is 3.34. The van der Waals surface area contributed by atoms with Gasteiger partial charge in [-0.05, 0) is 35.7 Å². The molecule has 0 radical (unpaired) electrons. The Morgan fingerprint density at radius 1 is 1.18 bits per heavy atom. The first kappa shape index (κ1) is 11.0. The van der Waals surface area contributed by atoms with Gasteiger partial charge in [-0.15, -0.1) is 0 Å². The smallest absolute Gasteiger partial charge is 0.113 e. The summed E-state index contributed by atoms with van der Waals surface area (Å²) in [6, 6.07) is 8.57. The molecule has 0 spiro atoms. The first-order valence-electron chi connectivity index (χ1n) is 6.07. The summed E-state index contributed by atoms with van der Waals surface area (Å²) in [4.78, 5) is 4.77. The van der Waals surface area contributed by atoms with Gasteiger partial charge in [0, 0.05) is 18.5 Å². The molecule has 88 valence electrons. The van der Waals surface area contributed by atoms with Crippen LogP contribution in [-0.4, -0.2) is 9.55 Å². The van der Waals surface area contributed by atoms with E-state index in [-0.39, 0.29) is 0 Å². The van der Waals surface area contributed by atoms with Crippen molar-refractivity contribution in [3.63, 3.8) is 0 Å². The molecule has 3 rings (SSSR count). The number of imidazole rings is 1. The van der Waals surface area contributed by atoms with Gasteiger partial charge in [-0.3, -0.25) is 0 Å². The van der Waals surface area contributed by atoms with Crippen LogP contribution in [0.15, 0.2) is 28.9 Å². The first-order valence-corrected chi connectivity index (χ1v) is 6.87. The highest BCUT2D eigenvalue weighted by Crippen LogP contribution is 2.31. The second kappa shape index (κ2) is 4.30. The fourth-order valence-electron chi connectivity index (χ4n) is 2.34. The number of nitrogens with zero attached hydrogens (tertiary/aromatic N) is 2. The summed E-state index contributed by atoms with van der Waals surface area (Å²) in [6.45, 7) is 3.20. The van der Waals surface area contributed by atoms with Crippen LogP contribution in [0.1, 0.15) is 24.2 Å². The van der Waals surface area contributed by atoms with Gasteiger partial charge in [-0.2, -0.15) is 0 Å². The van der Waals surface area contributed by atoms with Gasteiger partial charge in [0.2, 0.25) is 0 Å². The number of hydrogen-bond donors (Lipinski definition) is 0. The second-order valence-corrected chi connectivity index (χ2v) is 5.39. The van der Waals surface area contributed by atoms with Crippen molar-refractivity contribution in [2.75, 3.05) is 0 Å². The van der Waals surface area contributed by atoms with Crippen LogP contribution in [0, 0.1) is 6.92 Å². The number of aryl methyl sites for hydroxylation is 2. The van der Waals surface area contributed by atoms with Gasteiger partial charge in [-0.25, -0.2) is 4.98 Å². The minimum atomic E-state index is 1.09. The molecule has 1 aliphatic rings. The number of fused-ring (bicyclic) bond motifs is 1. The molecule has 2 nitrogen and oxygen atoms in total. The Labute approximate surface area is 110 Å². The van der Waals surface area contributed by atoms with Gasteiger partial charge in [0.1, 0.15) is 16.1 Å². The van der Waals surface area contributed by atoms with E-state index in [9.17, 15) is 0 Å². The summed E-state index contributed by atoms with van der Waals surface area (Å²) in [5.41, 5.74) is 3.57. The van der Waals surface area contributed by atoms with Crippen molar-refractivity contribution in [2.45, 2.75) is 32.7 Å². The van der Waals surface area contributed by atoms with E-state index >= 15 is 0 Å². The Kier molecular flexibility index (Phi) is 2.79. The third-order valence-corrected chi connectivity index (χ3v) is 4.15. The number of rotatable bonds is 1. The summed E-state index contributed by atoms with van der Waals surface area (Å²) in [5.74, 6) is 1.22. The molecular weight excluding hydrogens is 276 g/mol. The minimum Gasteiger partial charge on any atom is -0.322 e. The van der Waals surface area contributed by atoms with Crippen LogP contribution in [-0.2, 0) is 13.0 Å². The van der Waals surface area contributed by atoms with E-state index in [1.54, 1.807) is 0 Å². The molecule has 0 fully saturated rings. The van der Waals surface area contributed by atoms with Gasteiger partial charge in [0.15, 0.2) is 0 Å². The fourth-order valence-corrected chi connectivity index (χ4v) is 3.04. The Bertz CT molecular complexity index is 540. The van der Waals surface area contributed by atoms with Crippen LogP contribution < -0.4 is 0 Å². The monoisotopic (exact) mass is 290 g/mol. The molecule has 1 aromatic carbocycles. The van der Waals surface area contributed by atoms with Crippen molar-refractivity contribution in [2.24, 2.45) is 0 Å². The van der Waals surface area contributed by atoms with Crippen LogP contribution in [0.2, 0.25) is 0 Å². The van der Waals surface area contributed by atoms with Crippen molar-refractivity contribution in [3.8, 4) is 11.3 Å². The molecule has 2 heterocycles. The van der Waals surface area contributed by atoms with Crippen molar-refractivity contribution in [3.05, 3.63) is 40.3 Å². The quantitative estimate of drug-likeness (QED) is 0.777. The molecule has 0 saturated carbocycles. The lowest BCUT2D eigenvalue weighted by atomic mass is 10.1. The summed E-state index contributed by atoms with van der Waals surface area (Å²) in [6.07, 6.45) is 3.62. The van der Waals surface area contributed by atoms with Gasteiger partial charge in [0.05, 0.1) is 0 Å². The molecule has 0 unspecified atom stereocenters. The maximum absolute atomic E-state index is 4.77. The molecule has 3 heteroatoms. The lowest BCUT2D eigenvalue weighted by Crippen LogP contribution is -2.10. The number of halogens is 1. The third kappa shape index (κ3) is 1.93. The average Bonchev–Trinajstić information content (AvgIpc) is 2.69. The molecule has 0 amide bonds. The Hall–Kier alpha value is -1.09. The molecule has 1 aliphatic heterocycles. The lowest BCUT2D eigenvalue weighted by Gasteiger charge is -2.13. The summed E-state index contributed by atoms with van der Waals surface area (Å²) in [7, 11) is 0. The first-order chi connectivity index (χ1) is 8.25. The van der Waals surface area contributed by atoms with Crippen molar-refractivity contribution < 1.29 is 0 Å². The zero-order valence-corrected chi connectivity index (χ0v) is 11.5. The van der Waals surface area contributed by atoms with Crippen LogP contribution in [0.25, 0.3) is 11.3 Å². The molecule has 0 bridgehead atoms. The minimum absolute atomic E-state index is 1.09. The van der Waals surface area contributed by atoms with Crippen molar-refractivity contribution in [1.29, 1.82) is 0 Å². The topological polar surface area (TPSA) is 17.8 Å². The molecular formula is C14H15BrN2. The van der Waals surface area contributed by atoms with Gasteiger partial charge >= 0.3 is 0 Å². The number of hydrogen-bond acceptors (Lipinski definition) is 1. The highest BCUT2D eigenvalue weighted by molar-refractivity contribution is 9.10. The molecule has 17 heavy (non-hydrogen) atoms. The van der Waals surface area contributed by atoms with Gasteiger partial charge in [-0.1, -0.05) is 29.8 Å². The van der Waals surface area contributed by atoms with E-state index in [0.29, 0.717) is 0 Å². The van der Waals surface area contributed by atoms with Crippen LogP contribution in [0.4, 0.5) is 0 Å². The van der Waals surface area contributed by atoms with E-state index in [0.717, 1.165) is 23.3 Å². The highest BCUT2D eigenvalue weighted by Gasteiger charge is 2.18. The Morgan fingerprint density at radius 2 is 1.94 bits per heavy atom. The molecule has 2 aromatic rings. The van der Waals surface area contributed by atoms with E-state index < -0.39 is 0 Å². The summed E-state index contributed by atoms with van der Waals surface area (Å²) in [5, 5.41) is 0. The largest absolute Gasteiger partial charge is 0.322 e. The fraction of sp³-hybridized carbons (Fsp3) is 0.357. The molecule has 1 aromatic heterocycles. The standard InChI is InChI=1S/C14H15BrN2/c1-10-5-7-11(8-6-10)13-14(15)17-9-3-2-4-12(17)16-13/h5-8H,2-4,9H2,1H3. The van der Waals surface area contributed by atoms with Crippen LogP contribution in [0.3, 0.4) is 0 Å². The SMILES string of the molecule is Cc1ccc(-c2nc3n(c2Br)CCCC3)cc1. The van der Waals surface area contributed by atoms with Crippen LogP contribution in [0.5, 0.6) is 0 Å². The summed E-state index contributed by atoms with van der Waals surface area (Å²) >= 11 is 3.69. The van der Waals surface area contributed by atoms with E-state index in [2.05, 4.69) is 51.7 Å². The van der Waals surface area contributed by atoms with E-state index in [1.807, 2.05) is 0 Å². The maximum atomic E-state index is 4.77. The predicted octanol–water partition coefficient (Wildman–Crippen LogP) is 3.96. The number of aromatic nitrogens is 2. The zero-order chi connectivity index (χ0) is 11.8. The zero-order valence-electron chi connectivity index (χ0n) is 9.91. The van der Waals surface area contributed by atoms with Crippen LogP contribution >= 0.6 is 15.9 Å². The maximum Gasteiger partial charge on any atom is 0.113 e. The molecule has 0 atom stereocenters. The Morgan fingerprint density at radius 3 is 2.65 bits per heavy atom.